The maximum atomic E-state index is 11.9. The van der Waals surface area contributed by atoms with E-state index in [4.69, 9.17) is 32.7 Å². The molecule has 0 aromatic carbocycles. The topological polar surface area (TPSA) is 60.5 Å². The number of nitrogens with zero attached hydrogens (tertiary/aromatic N) is 1. The van der Waals surface area contributed by atoms with Gasteiger partial charge in [-0.2, -0.15) is 0 Å². The van der Waals surface area contributed by atoms with E-state index in [9.17, 15) is 4.79 Å². The summed E-state index contributed by atoms with van der Waals surface area (Å²) in [6.45, 7) is 1.74. The van der Waals surface area contributed by atoms with E-state index in [1.165, 1.54) is 26.4 Å². The van der Waals surface area contributed by atoms with Crippen molar-refractivity contribution in [3.05, 3.63) is 28.0 Å². The van der Waals surface area contributed by atoms with Crippen molar-refractivity contribution >= 4 is 29.1 Å². The first kappa shape index (κ1) is 15.2. The van der Waals surface area contributed by atoms with Crippen molar-refractivity contribution in [2.24, 2.45) is 0 Å². The number of ether oxygens (including phenoxy) is 2. The molecule has 0 aliphatic heterocycles. The number of nitrogens with one attached hydrogen (secondary N) is 1. The van der Waals surface area contributed by atoms with Crippen LogP contribution in [-0.4, -0.2) is 37.4 Å². The van der Waals surface area contributed by atoms with Gasteiger partial charge in [-0.15, -0.1) is 0 Å². The fourth-order valence-electron chi connectivity index (χ4n) is 1.43. The van der Waals surface area contributed by atoms with Gasteiger partial charge in [0, 0.05) is 14.2 Å². The van der Waals surface area contributed by atoms with Gasteiger partial charge in [-0.3, -0.25) is 4.79 Å². The lowest BCUT2D eigenvalue weighted by atomic mass is 10.2. The van der Waals surface area contributed by atoms with Crippen molar-refractivity contribution in [2.45, 2.75) is 19.3 Å². The van der Waals surface area contributed by atoms with Gasteiger partial charge >= 0.3 is 0 Å². The number of carbonyl (C=O) groups excluding carboxylic acids is 1. The highest BCUT2D eigenvalue weighted by atomic mass is 35.5. The monoisotopic (exact) mass is 292 g/mol. The van der Waals surface area contributed by atoms with Gasteiger partial charge in [0.15, 0.2) is 6.29 Å². The first-order valence-corrected chi connectivity index (χ1v) is 5.93. The van der Waals surface area contributed by atoms with Crippen LogP contribution in [0.4, 0.5) is 0 Å². The predicted molar refractivity (Wildman–Crippen MR) is 69.0 cm³/mol. The Morgan fingerprint density at radius 1 is 1.33 bits per heavy atom. The number of pyridine rings is 1. The molecule has 1 N–H and O–H groups in total. The zero-order valence-electron chi connectivity index (χ0n) is 10.2. The molecule has 0 saturated carbocycles. The Labute approximate surface area is 115 Å². The second-order valence-corrected chi connectivity index (χ2v) is 4.36. The lowest BCUT2D eigenvalue weighted by Crippen LogP contribution is -2.43. The van der Waals surface area contributed by atoms with Gasteiger partial charge in [0.2, 0.25) is 0 Å². The van der Waals surface area contributed by atoms with Crippen LogP contribution in [0.2, 0.25) is 10.2 Å². The standard InChI is InChI=1S/C11H14Cl2N2O3/c1-6(11(17-2)18-3)14-10(16)9-7(12)4-5-8(13)15-9/h4-6,11H,1-3H3,(H,14,16). The quantitative estimate of drug-likeness (QED) is 0.667. The van der Waals surface area contributed by atoms with E-state index in [2.05, 4.69) is 10.3 Å². The zero-order valence-corrected chi connectivity index (χ0v) is 11.7. The summed E-state index contributed by atoms with van der Waals surface area (Å²) >= 11 is 11.6. The molecule has 1 amide bonds. The molecule has 0 aliphatic carbocycles. The number of halogens is 2. The number of hydrogen-bond donors (Lipinski definition) is 1. The Bertz CT molecular complexity index is 425. The third-order valence-corrected chi connectivity index (χ3v) is 2.77. The van der Waals surface area contributed by atoms with E-state index in [0.29, 0.717) is 0 Å². The molecule has 5 nitrogen and oxygen atoms in total. The first-order valence-electron chi connectivity index (χ1n) is 5.18. The molecule has 0 radical (unpaired) electrons. The molecular formula is C11H14Cl2N2O3. The van der Waals surface area contributed by atoms with Gasteiger partial charge < -0.3 is 14.8 Å². The summed E-state index contributed by atoms with van der Waals surface area (Å²) < 4.78 is 10.1. The SMILES string of the molecule is COC(OC)C(C)NC(=O)c1nc(Cl)ccc1Cl. The third-order valence-electron chi connectivity index (χ3n) is 2.26. The van der Waals surface area contributed by atoms with Gasteiger partial charge in [-0.05, 0) is 19.1 Å². The molecule has 1 atom stereocenters. The molecule has 18 heavy (non-hydrogen) atoms. The Balaban J connectivity index is 2.79. The number of methoxy groups -OCH3 is 2. The summed E-state index contributed by atoms with van der Waals surface area (Å²) in [5.41, 5.74) is 0.0713. The molecular weight excluding hydrogens is 279 g/mol. The fourth-order valence-corrected chi connectivity index (χ4v) is 1.76. The van der Waals surface area contributed by atoms with Crippen molar-refractivity contribution in [3.8, 4) is 0 Å². The summed E-state index contributed by atoms with van der Waals surface area (Å²) in [5.74, 6) is -0.436. The normalized spacial score (nSPS) is 12.6. The van der Waals surface area contributed by atoms with Crippen LogP contribution in [-0.2, 0) is 9.47 Å². The number of rotatable bonds is 5. The highest BCUT2D eigenvalue weighted by Crippen LogP contribution is 2.17. The predicted octanol–water partition coefficient (Wildman–Crippen LogP) is 2.13. The van der Waals surface area contributed by atoms with Crippen molar-refractivity contribution in [1.29, 1.82) is 0 Å². The van der Waals surface area contributed by atoms with Crippen LogP contribution in [0, 0.1) is 0 Å². The lowest BCUT2D eigenvalue weighted by molar-refractivity contribution is -0.117. The average Bonchev–Trinajstić information content (AvgIpc) is 2.33. The van der Waals surface area contributed by atoms with Crippen LogP contribution in [0.15, 0.2) is 12.1 Å². The van der Waals surface area contributed by atoms with E-state index in [1.54, 1.807) is 6.92 Å². The minimum absolute atomic E-state index is 0.0713. The number of hydrogen-bond acceptors (Lipinski definition) is 4. The summed E-state index contributed by atoms with van der Waals surface area (Å²) in [5, 5.41) is 3.10. The maximum absolute atomic E-state index is 11.9. The van der Waals surface area contributed by atoms with Crippen LogP contribution >= 0.6 is 23.2 Å². The second kappa shape index (κ2) is 6.89. The number of aromatic nitrogens is 1. The highest BCUT2D eigenvalue weighted by Gasteiger charge is 2.21. The molecule has 1 rings (SSSR count). The zero-order chi connectivity index (χ0) is 13.7. The molecule has 1 aromatic rings. The van der Waals surface area contributed by atoms with Crippen LogP contribution < -0.4 is 5.32 Å². The van der Waals surface area contributed by atoms with Gasteiger partial charge in [0.1, 0.15) is 10.8 Å². The summed E-state index contributed by atoms with van der Waals surface area (Å²) in [4.78, 5) is 15.8. The molecule has 1 unspecified atom stereocenters. The number of amides is 1. The molecule has 0 spiro atoms. The average molecular weight is 293 g/mol. The van der Waals surface area contributed by atoms with Crippen LogP contribution in [0.3, 0.4) is 0 Å². The second-order valence-electron chi connectivity index (χ2n) is 3.57. The molecule has 0 saturated heterocycles. The van der Waals surface area contributed by atoms with E-state index < -0.39 is 12.2 Å². The Kier molecular flexibility index (Phi) is 5.81. The highest BCUT2D eigenvalue weighted by molar-refractivity contribution is 6.34. The molecule has 100 valence electrons. The summed E-state index contributed by atoms with van der Waals surface area (Å²) in [6, 6.07) is 2.67. The van der Waals surface area contributed by atoms with Crippen LogP contribution in [0.1, 0.15) is 17.4 Å². The third kappa shape index (κ3) is 3.81. The molecule has 0 aliphatic rings. The first-order chi connectivity index (χ1) is 8.49. The largest absolute Gasteiger partial charge is 0.354 e. The molecule has 7 heteroatoms. The lowest BCUT2D eigenvalue weighted by Gasteiger charge is -2.22. The van der Waals surface area contributed by atoms with Crippen LogP contribution in [0.5, 0.6) is 0 Å². The van der Waals surface area contributed by atoms with Gasteiger partial charge in [-0.1, -0.05) is 23.2 Å². The fraction of sp³-hybridized carbons (Fsp3) is 0.455. The Morgan fingerprint density at radius 2 is 1.94 bits per heavy atom. The molecule has 1 aromatic heterocycles. The van der Waals surface area contributed by atoms with E-state index in [0.717, 1.165) is 0 Å². The summed E-state index contributed by atoms with van der Waals surface area (Å²) in [7, 11) is 2.98. The van der Waals surface area contributed by atoms with E-state index in [1.807, 2.05) is 0 Å². The maximum Gasteiger partial charge on any atom is 0.271 e. The minimum atomic E-state index is -0.549. The van der Waals surface area contributed by atoms with E-state index in [-0.39, 0.29) is 21.9 Å². The Hall–Kier alpha value is -0.880. The van der Waals surface area contributed by atoms with Crippen LogP contribution in [0.25, 0.3) is 0 Å². The van der Waals surface area contributed by atoms with Gasteiger partial charge in [0.25, 0.3) is 5.91 Å². The van der Waals surface area contributed by atoms with Crippen molar-refractivity contribution in [3.63, 3.8) is 0 Å². The van der Waals surface area contributed by atoms with Gasteiger partial charge in [0.05, 0.1) is 11.1 Å². The smallest absolute Gasteiger partial charge is 0.271 e. The minimum Gasteiger partial charge on any atom is -0.354 e. The summed E-state index contributed by atoms with van der Waals surface area (Å²) in [6.07, 6.45) is -0.549. The molecule has 0 bridgehead atoms. The van der Waals surface area contributed by atoms with Crippen molar-refractivity contribution < 1.29 is 14.3 Å². The van der Waals surface area contributed by atoms with Gasteiger partial charge in [-0.25, -0.2) is 4.98 Å². The number of carbonyl (C=O) groups is 1. The van der Waals surface area contributed by atoms with Crippen molar-refractivity contribution in [1.82, 2.24) is 10.3 Å². The van der Waals surface area contributed by atoms with E-state index >= 15 is 0 Å². The molecule has 0 fully saturated rings. The Morgan fingerprint density at radius 3 is 2.50 bits per heavy atom. The molecule has 1 heterocycles. The van der Waals surface area contributed by atoms with Crippen molar-refractivity contribution in [2.75, 3.05) is 14.2 Å².